The van der Waals surface area contributed by atoms with Crippen LogP contribution in [0, 0.1) is 5.41 Å². The van der Waals surface area contributed by atoms with E-state index < -0.39 is 10.1 Å². The molecule has 1 aliphatic heterocycles. The predicted molar refractivity (Wildman–Crippen MR) is 89.2 cm³/mol. The van der Waals surface area contributed by atoms with Gasteiger partial charge < -0.3 is 21.5 Å². The lowest BCUT2D eigenvalue weighted by molar-refractivity contribution is 0.109. The number of nitrogens with zero attached hydrogens (tertiary/aromatic N) is 1. The molecule has 7 N–H and O–H groups in total. The molecule has 9 nitrogen and oxygen atoms in total. The number of aromatic nitrogens is 1. The van der Waals surface area contributed by atoms with Crippen LogP contribution < -0.4 is 16.8 Å². The first-order chi connectivity index (χ1) is 10.8. The quantitative estimate of drug-likeness (QED) is 0.269. The van der Waals surface area contributed by atoms with Crippen LogP contribution in [0.3, 0.4) is 0 Å². The summed E-state index contributed by atoms with van der Waals surface area (Å²) in [5.41, 5.74) is 9.53. The molecule has 3 rings (SSSR count). The molecule has 1 aliphatic rings. The molecule has 0 radical (unpaired) electrons. The van der Waals surface area contributed by atoms with E-state index in [2.05, 4.69) is 21.8 Å². The molecule has 0 unspecified atom stereocenters. The summed E-state index contributed by atoms with van der Waals surface area (Å²) in [6.07, 6.45) is 0. The lowest BCUT2D eigenvalue weighted by Gasteiger charge is -2.10. The number of fused-ring (bicyclic) bond motifs is 1. The van der Waals surface area contributed by atoms with Gasteiger partial charge in [0, 0.05) is 13.1 Å². The zero-order valence-electron chi connectivity index (χ0n) is 12.2. The van der Waals surface area contributed by atoms with Crippen LogP contribution in [0.15, 0.2) is 28.6 Å². The van der Waals surface area contributed by atoms with Gasteiger partial charge >= 0.3 is 10.1 Å². The minimum atomic E-state index is -4.16. The van der Waals surface area contributed by atoms with E-state index in [1.54, 1.807) is 24.3 Å². The average molecular weight is 361 g/mol. The first-order valence-electron chi connectivity index (χ1n) is 6.51. The van der Waals surface area contributed by atoms with Gasteiger partial charge in [0.05, 0.1) is 23.4 Å². The number of nitrogens with two attached hydrogens (primary N) is 2. The summed E-state index contributed by atoms with van der Waals surface area (Å²) >= 11 is 0.955. The molecule has 2 aromatic rings. The Morgan fingerprint density at radius 3 is 2.26 bits per heavy atom. The molecule has 0 saturated carbocycles. The summed E-state index contributed by atoms with van der Waals surface area (Å²) in [7, 11) is -4.16. The monoisotopic (exact) mass is 361 g/mol. The molecule has 2 heterocycles. The van der Waals surface area contributed by atoms with Crippen LogP contribution >= 0.6 is 11.3 Å². The molecule has 0 spiro atoms. The Bertz CT molecular complexity index is 679. The van der Waals surface area contributed by atoms with Crippen molar-refractivity contribution in [2.75, 3.05) is 26.3 Å². The number of nitrogens with one attached hydrogen (secondary N) is 2. The lowest BCUT2D eigenvalue weighted by atomic mass is 10.3. The molecular weight excluding hydrogens is 342 g/mol. The van der Waals surface area contributed by atoms with Crippen molar-refractivity contribution in [1.29, 1.82) is 5.41 Å². The smallest absolute Gasteiger partial charge is 0.322 e. The van der Waals surface area contributed by atoms with Crippen LogP contribution in [-0.4, -0.2) is 50.2 Å². The normalized spacial score (nSPS) is 14.1. The third-order valence-corrected chi connectivity index (χ3v) is 4.59. The van der Waals surface area contributed by atoms with Gasteiger partial charge in [-0.05, 0) is 12.1 Å². The van der Waals surface area contributed by atoms with Gasteiger partial charge in [0.15, 0.2) is 5.96 Å². The Balaban J connectivity index is 0.000000220. The van der Waals surface area contributed by atoms with E-state index in [1.165, 1.54) is 0 Å². The van der Waals surface area contributed by atoms with Crippen molar-refractivity contribution in [3.63, 3.8) is 0 Å². The van der Waals surface area contributed by atoms with Crippen LogP contribution in [0.4, 0.5) is 0 Å². The van der Waals surface area contributed by atoms with Gasteiger partial charge in [-0.3, -0.25) is 9.96 Å². The molecule has 1 fully saturated rings. The van der Waals surface area contributed by atoms with Crippen LogP contribution in [0.2, 0.25) is 0 Å². The lowest BCUT2D eigenvalue weighted by Crippen LogP contribution is -2.30. The van der Waals surface area contributed by atoms with E-state index in [0.717, 1.165) is 42.3 Å². The van der Waals surface area contributed by atoms with Crippen LogP contribution in [0.1, 0.15) is 0 Å². The first-order valence-corrected chi connectivity index (χ1v) is 8.77. The number of ether oxygens (including phenoxy) is 1. The summed E-state index contributed by atoms with van der Waals surface area (Å²) in [4.78, 5) is 3.76. The maximum atomic E-state index is 10.7. The van der Waals surface area contributed by atoms with Crippen molar-refractivity contribution in [3.05, 3.63) is 24.3 Å². The number of rotatable bonds is 1. The Hall–Kier alpha value is -1.79. The fourth-order valence-corrected chi connectivity index (χ4v) is 3.08. The van der Waals surface area contributed by atoms with Gasteiger partial charge in [0.1, 0.15) is 0 Å². The highest BCUT2D eigenvalue weighted by Gasteiger charge is 2.15. The minimum Gasteiger partial charge on any atom is -0.379 e. The van der Waals surface area contributed by atoms with E-state index in [9.17, 15) is 8.42 Å². The number of hydrogen-bond donors (Lipinski definition) is 5. The topological polar surface area (TPSA) is 164 Å². The SMILES string of the molecule is C1COCCN1.N=C(N)N.O=S(=O)(O)c1nc2ccccc2s1. The average Bonchev–Trinajstić information content (AvgIpc) is 2.93. The Morgan fingerprint density at radius 2 is 1.87 bits per heavy atom. The van der Waals surface area contributed by atoms with E-state index in [1.807, 2.05) is 0 Å². The highest BCUT2D eigenvalue weighted by Crippen LogP contribution is 2.24. The molecule has 0 atom stereocenters. The molecule has 23 heavy (non-hydrogen) atoms. The zero-order chi connectivity index (χ0) is 17.3. The Labute approximate surface area is 137 Å². The second-order valence-corrected chi connectivity index (χ2v) is 6.87. The predicted octanol–water partition coefficient (Wildman–Crippen LogP) is -0.0122. The van der Waals surface area contributed by atoms with Crippen LogP contribution in [0.5, 0.6) is 0 Å². The molecule has 11 heteroatoms. The van der Waals surface area contributed by atoms with Gasteiger partial charge in [-0.1, -0.05) is 12.1 Å². The van der Waals surface area contributed by atoms with Gasteiger partial charge in [0.2, 0.25) is 4.34 Å². The molecule has 128 valence electrons. The maximum absolute atomic E-state index is 10.7. The van der Waals surface area contributed by atoms with Gasteiger partial charge in [0.25, 0.3) is 0 Å². The summed E-state index contributed by atoms with van der Waals surface area (Å²) in [6.45, 7) is 3.83. The van der Waals surface area contributed by atoms with Crippen molar-refractivity contribution in [2.45, 2.75) is 4.34 Å². The molecule has 1 saturated heterocycles. The molecule has 1 aromatic carbocycles. The standard InChI is InChI=1S/C7H5NO3S2.C4H9NO.CH5N3/c9-13(10,11)7-8-5-3-1-2-4-6(5)12-7;1-3-6-4-2-5-1;2-1(3)4/h1-4H,(H,9,10,11);5H,1-4H2;(H5,2,3,4). The molecule has 0 aliphatic carbocycles. The number of para-hydroxylation sites is 1. The second-order valence-electron chi connectivity index (χ2n) is 4.24. The van der Waals surface area contributed by atoms with Crippen molar-refractivity contribution in [1.82, 2.24) is 10.3 Å². The third kappa shape index (κ3) is 7.85. The number of thiazole rings is 1. The van der Waals surface area contributed by atoms with E-state index in [-0.39, 0.29) is 10.3 Å². The molecule has 1 aromatic heterocycles. The summed E-state index contributed by atoms with van der Waals surface area (Å²) in [5, 5.41) is 9.22. The molecule has 0 bridgehead atoms. The fourth-order valence-electron chi connectivity index (χ4n) is 1.48. The highest BCUT2D eigenvalue weighted by atomic mass is 32.3. The maximum Gasteiger partial charge on any atom is 0.322 e. The summed E-state index contributed by atoms with van der Waals surface area (Å²) in [6, 6.07) is 6.99. The largest absolute Gasteiger partial charge is 0.379 e. The number of morpholine rings is 1. The Morgan fingerprint density at radius 1 is 1.30 bits per heavy atom. The molecular formula is C12H19N5O4S2. The van der Waals surface area contributed by atoms with Crippen molar-refractivity contribution < 1.29 is 17.7 Å². The first kappa shape index (κ1) is 19.3. The Kier molecular flexibility index (Phi) is 7.85. The third-order valence-electron chi connectivity index (χ3n) is 2.34. The number of hydrogen-bond acceptors (Lipinski definition) is 7. The van der Waals surface area contributed by atoms with Gasteiger partial charge in [-0.25, -0.2) is 4.98 Å². The summed E-state index contributed by atoms with van der Waals surface area (Å²) < 4.78 is 35.6. The zero-order valence-corrected chi connectivity index (χ0v) is 13.9. The van der Waals surface area contributed by atoms with Crippen LogP contribution in [-0.2, 0) is 14.9 Å². The second kappa shape index (κ2) is 9.37. The number of guanidine groups is 1. The van der Waals surface area contributed by atoms with Crippen molar-refractivity contribution in [2.24, 2.45) is 11.5 Å². The molecule has 0 amide bonds. The van der Waals surface area contributed by atoms with E-state index in [0.29, 0.717) is 5.52 Å². The summed E-state index contributed by atoms with van der Waals surface area (Å²) in [5.74, 6) is -0.333. The van der Waals surface area contributed by atoms with E-state index >= 15 is 0 Å². The van der Waals surface area contributed by atoms with E-state index in [4.69, 9.17) is 14.7 Å². The fraction of sp³-hybridized carbons (Fsp3) is 0.333. The number of benzene rings is 1. The van der Waals surface area contributed by atoms with Crippen molar-refractivity contribution >= 4 is 37.6 Å². The minimum absolute atomic E-state index is 0.256. The van der Waals surface area contributed by atoms with Gasteiger partial charge in [-0.2, -0.15) is 8.42 Å². The highest BCUT2D eigenvalue weighted by molar-refractivity contribution is 7.88. The van der Waals surface area contributed by atoms with Crippen LogP contribution in [0.25, 0.3) is 10.2 Å². The van der Waals surface area contributed by atoms with Gasteiger partial charge in [-0.15, -0.1) is 11.3 Å². The van der Waals surface area contributed by atoms with Crippen molar-refractivity contribution in [3.8, 4) is 0 Å².